The second-order valence-corrected chi connectivity index (χ2v) is 6.99. The van der Waals surface area contributed by atoms with E-state index in [2.05, 4.69) is 39.8 Å². The van der Waals surface area contributed by atoms with Crippen molar-refractivity contribution in [1.82, 2.24) is 0 Å². The molecule has 23 heavy (non-hydrogen) atoms. The lowest BCUT2D eigenvalue weighted by atomic mass is 9.81. The fourth-order valence-corrected chi connectivity index (χ4v) is 3.23. The fraction of sp³-hybridized carbons (Fsp3) is 0.842. The summed E-state index contributed by atoms with van der Waals surface area (Å²) < 4.78 is 0. The van der Waals surface area contributed by atoms with Gasteiger partial charge in [0.1, 0.15) is 11.7 Å². The van der Waals surface area contributed by atoms with Crippen LogP contribution in [0.3, 0.4) is 0 Å². The third-order valence-corrected chi connectivity index (χ3v) is 4.98. The molecule has 0 spiro atoms. The largest absolute Gasteiger partial charge is 0.481 e. The van der Waals surface area contributed by atoms with Gasteiger partial charge in [-0.25, -0.2) is 9.78 Å². The minimum absolute atomic E-state index is 0.00999. The van der Waals surface area contributed by atoms with Gasteiger partial charge in [-0.1, -0.05) is 65.5 Å². The minimum atomic E-state index is -0.832. The lowest BCUT2D eigenvalue weighted by molar-refractivity contribution is -0.409. The van der Waals surface area contributed by atoms with E-state index in [-0.39, 0.29) is 18.4 Å². The maximum atomic E-state index is 10.9. The number of aliphatic carboxylic acids is 1. The summed E-state index contributed by atoms with van der Waals surface area (Å²) in [4.78, 5) is 22.1. The molecule has 0 aromatic heterocycles. The maximum absolute atomic E-state index is 10.9. The summed E-state index contributed by atoms with van der Waals surface area (Å²) in [5.41, 5.74) is -0.403. The smallest absolute Gasteiger partial charge is 0.306 e. The summed E-state index contributed by atoms with van der Waals surface area (Å²) >= 11 is 0. The molecule has 1 rings (SSSR count). The zero-order chi connectivity index (χ0) is 17.3. The average Bonchev–Trinajstić information content (AvgIpc) is 2.53. The van der Waals surface area contributed by atoms with Crippen molar-refractivity contribution < 1.29 is 19.7 Å². The number of unbranched alkanes of at least 4 members (excludes halogenated alkanes) is 1. The Balaban J connectivity index is 2.62. The molecule has 4 nitrogen and oxygen atoms in total. The van der Waals surface area contributed by atoms with E-state index < -0.39 is 11.6 Å². The van der Waals surface area contributed by atoms with Crippen molar-refractivity contribution in [1.29, 1.82) is 0 Å². The van der Waals surface area contributed by atoms with E-state index in [1.165, 1.54) is 19.3 Å². The molecule has 0 bridgehead atoms. The molecule has 1 unspecified atom stereocenters. The topological polar surface area (TPSA) is 55.8 Å². The second kappa shape index (κ2) is 10.1. The minimum Gasteiger partial charge on any atom is -0.481 e. The molecule has 0 aliphatic carbocycles. The lowest BCUT2D eigenvalue weighted by Crippen LogP contribution is -2.44. The number of rotatable bonds is 10. The van der Waals surface area contributed by atoms with Crippen molar-refractivity contribution in [3.8, 4) is 0 Å². The van der Waals surface area contributed by atoms with Crippen LogP contribution < -0.4 is 0 Å². The first kappa shape index (κ1) is 20.2. The third kappa shape index (κ3) is 6.64. The van der Waals surface area contributed by atoms with Gasteiger partial charge in [-0.15, -0.1) is 0 Å². The molecule has 0 saturated carbocycles. The molecule has 1 aliphatic rings. The molecule has 0 aromatic carbocycles. The molecule has 1 aliphatic heterocycles. The van der Waals surface area contributed by atoms with Crippen LogP contribution in [0.4, 0.5) is 0 Å². The highest BCUT2D eigenvalue weighted by Gasteiger charge is 2.41. The molecule has 0 aromatic rings. The molecule has 0 amide bonds. The monoisotopic (exact) mass is 326 g/mol. The Morgan fingerprint density at radius 1 is 1.39 bits per heavy atom. The molecule has 1 heterocycles. The van der Waals surface area contributed by atoms with E-state index in [0.29, 0.717) is 5.92 Å². The van der Waals surface area contributed by atoms with Gasteiger partial charge in [-0.2, -0.15) is 0 Å². The van der Waals surface area contributed by atoms with Gasteiger partial charge in [0, 0.05) is 0 Å². The van der Waals surface area contributed by atoms with Crippen LogP contribution in [0.15, 0.2) is 12.2 Å². The van der Waals surface area contributed by atoms with Crippen LogP contribution in [0, 0.1) is 11.8 Å². The Bertz CT molecular complexity index is 380. The van der Waals surface area contributed by atoms with Crippen LogP contribution >= 0.6 is 0 Å². The van der Waals surface area contributed by atoms with Gasteiger partial charge in [0.15, 0.2) is 0 Å². The van der Waals surface area contributed by atoms with Crippen molar-refractivity contribution in [3.05, 3.63) is 12.2 Å². The van der Waals surface area contributed by atoms with Crippen LogP contribution in [0.25, 0.3) is 0 Å². The van der Waals surface area contributed by atoms with Crippen molar-refractivity contribution >= 4 is 5.97 Å². The maximum Gasteiger partial charge on any atom is 0.306 e. The number of allylic oxidation sites excluding steroid dienone is 1. The van der Waals surface area contributed by atoms with Crippen LogP contribution in [0.2, 0.25) is 0 Å². The summed E-state index contributed by atoms with van der Waals surface area (Å²) in [6.07, 6.45) is 11.5. The first-order valence-corrected chi connectivity index (χ1v) is 9.20. The van der Waals surface area contributed by atoms with E-state index in [1.807, 2.05) is 0 Å². The van der Waals surface area contributed by atoms with Gasteiger partial charge in [-0.3, -0.25) is 4.79 Å². The van der Waals surface area contributed by atoms with Gasteiger partial charge in [-0.05, 0) is 31.1 Å². The van der Waals surface area contributed by atoms with E-state index in [0.717, 1.165) is 25.7 Å². The number of hydrogen-bond donors (Lipinski definition) is 1. The van der Waals surface area contributed by atoms with Crippen molar-refractivity contribution in [2.24, 2.45) is 11.8 Å². The zero-order valence-corrected chi connectivity index (χ0v) is 15.2. The Morgan fingerprint density at radius 3 is 2.70 bits per heavy atom. The number of carboxylic acid groups (broad SMARTS) is 1. The summed E-state index contributed by atoms with van der Waals surface area (Å²) in [5, 5.41) is 8.99. The second-order valence-electron chi connectivity index (χ2n) is 6.99. The molecule has 4 atom stereocenters. The normalized spacial score (nSPS) is 29.7. The average molecular weight is 326 g/mol. The fourth-order valence-electron chi connectivity index (χ4n) is 3.23. The Labute approximate surface area is 141 Å². The van der Waals surface area contributed by atoms with Crippen LogP contribution in [-0.2, 0) is 14.6 Å². The Hall–Kier alpha value is -0.870. The number of hydrogen-bond acceptors (Lipinski definition) is 3. The van der Waals surface area contributed by atoms with Gasteiger partial charge in [0.05, 0.1) is 6.42 Å². The first-order valence-electron chi connectivity index (χ1n) is 9.20. The molecule has 0 radical (unpaired) electrons. The van der Waals surface area contributed by atoms with Gasteiger partial charge < -0.3 is 5.11 Å². The first-order chi connectivity index (χ1) is 11.0. The van der Waals surface area contributed by atoms with Gasteiger partial charge in [0.2, 0.25) is 0 Å². The highest BCUT2D eigenvalue weighted by atomic mass is 17.2. The van der Waals surface area contributed by atoms with Gasteiger partial charge >= 0.3 is 5.97 Å². The summed E-state index contributed by atoms with van der Waals surface area (Å²) in [7, 11) is 0. The van der Waals surface area contributed by atoms with Crippen LogP contribution in [-0.4, -0.2) is 22.8 Å². The third-order valence-electron chi connectivity index (χ3n) is 4.98. The standard InChI is InChI=1S/C19H34O4/c1-5-8-10-15(4)11-9-12-19(7-3)14-16(6-2)17(22-23-19)13-18(20)21/h9,12,15-17H,5-8,10-11,13-14H2,1-4H3,(H,20,21)/b12-9+/t15?,16-,17-,19-/m1/s1. The summed E-state index contributed by atoms with van der Waals surface area (Å²) in [6.45, 7) is 8.69. The SMILES string of the molecule is CCCCC(C)C/C=C/[C@]1(CC)C[C@@H](CC)[C@@H](CC(=O)O)OO1. The van der Waals surface area contributed by atoms with Gasteiger partial charge in [0.25, 0.3) is 0 Å². The number of carbonyl (C=O) groups is 1. The number of carboxylic acids is 1. The van der Waals surface area contributed by atoms with Crippen molar-refractivity contribution in [3.63, 3.8) is 0 Å². The molecule has 1 fully saturated rings. The lowest BCUT2D eigenvalue weighted by Gasteiger charge is -2.40. The Kier molecular flexibility index (Phi) is 8.85. The highest BCUT2D eigenvalue weighted by molar-refractivity contribution is 5.67. The van der Waals surface area contributed by atoms with E-state index in [9.17, 15) is 4.79 Å². The predicted molar refractivity (Wildman–Crippen MR) is 92.1 cm³/mol. The molecule has 4 heteroatoms. The summed E-state index contributed by atoms with van der Waals surface area (Å²) in [5.74, 6) is 0.0784. The van der Waals surface area contributed by atoms with Crippen LogP contribution in [0.1, 0.15) is 79.1 Å². The quantitative estimate of drug-likeness (QED) is 0.446. The molecular weight excluding hydrogens is 292 g/mol. The molecule has 1 saturated heterocycles. The zero-order valence-electron chi connectivity index (χ0n) is 15.2. The highest BCUT2D eigenvalue weighted by Crippen LogP contribution is 2.38. The van der Waals surface area contributed by atoms with Crippen molar-refractivity contribution in [2.45, 2.75) is 90.8 Å². The molecule has 134 valence electrons. The van der Waals surface area contributed by atoms with Crippen molar-refractivity contribution in [2.75, 3.05) is 0 Å². The Morgan fingerprint density at radius 2 is 2.13 bits per heavy atom. The predicted octanol–water partition coefficient (Wildman–Crippen LogP) is 5.13. The molecular formula is C19H34O4. The van der Waals surface area contributed by atoms with E-state index in [1.54, 1.807) is 0 Å². The van der Waals surface area contributed by atoms with Crippen LogP contribution in [0.5, 0.6) is 0 Å². The summed E-state index contributed by atoms with van der Waals surface area (Å²) in [6, 6.07) is 0. The molecule has 1 N–H and O–H groups in total. The van der Waals surface area contributed by atoms with E-state index >= 15 is 0 Å². The van der Waals surface area contributed by atoms with E-state index in [4.69, 9.17) is 14.9 Å².